The maximum atomic E-state index is 14.2. The van der Waals surface area contributed by atoms with Gasteiger partial charge < -0.3 is 33.5 Å². The number of thioether (sulfide) groups is 1. The van der Waals surface area contributed by atoms with E-state index in [0.717, 1.165) is 105 Å². The van der Waals surface area contributed by atoms with Gasteiger partial charge in [0, 0.05) is 54.1 Å². The van der Waals surface area contributed by atoms with E-state index in [1.165, 1.54) is 36.9 Å². The third kappa shape index (κ3) is 17.6. The Hall–Kier alpha value is -4.79. The predicted molar refractivity (Wildman–Crippen MR) is 311 cm³/mol. The first-order valence-corrected chi connectivity index (χ1v) is 30.3. The molecule has 420 valence electrons. The number of aromatic amines is 1. The van der Waals surface area contributed by atoms with Crippen LogP contribution < -0.4 is 9.80 Å². The van der Waals surface area contributed by atoms with Crippen LogP contribution in [0.5, 0.6) is 0 Å². The number of carbonyl (C=O) groups excluding carboxylic acids is 4. The Morgan fingerprint density at radius 1 is 0.675 bits per heavy atom. The van der Waals surface area contributed by atoms with Gasteiger partial charge in [0.25, 0.3) is 0 Å². The van der Waals surface area contributed by atoms with Crippen molar-refractivity contribution in [1.29, 1.82) is 0 Å². The minimum atomic E-state index is -0.431. The van der Waals surface area contributed by atoms with Crippen LogP contribution in [0.25, 0.3) is 0 Å². The molecule has 0 bridgehead atoms. The number of thiophene rings is 2. The molecule has 4 fully saturated rings. The standard InChI is InChI=1S/C29H40N4O3S2.C26H37NO4S.C3H5N3S/c1-19-7-9-20(10-8-19)26(34)33(21-11-13-22(14-12-21)38-28-31-30-18-32(28)5)24-17-23(15-16-29(2,3)4)37-25(24)27(35)36-6;1-17-6-8-18(9-7-17)24(29)27(19-10-12-20(28)13-11-19)22-16-21(14-15-26(2,3)4)32-23(22)25(30)31-5;1-6-2-4-5-3(6)7/h17-22H,7-14H2,1-6H3;16-20,28H,6-13H2,1-5H3;2H,1H3,(H,5,7). The molecule has 0 spiro atoms. The second kappa shape index (κ2) is 27.9. The maximum absolute atomic E-state index is 14.2. The number of aliphatic hydroxyl groups excluding tert-OH is 1. The third-order valence-corrected chi connectivity index (χ3v) is 18.5. The van der Waals surface area contributed by atoms with Gasteiger partial charge in [-0.15, -0.1) is 32.9 Å². The number of nitrogens with zero attached hydrogens (tertiary/aromatic N) is 7. The van der Waals surface area contributed by atoms with Gasteiger partial charge in [-0.25, -0.2) is 9.59 Å². The van der Waals surface area contributed by atoms with Crippen LogP contribution in [0.2, 0.25) is 0 Å². The minimum absolute atomic E-state index is 0.00792. The van der Waals surface area contributed by atoms with Gasteiger partial charge >= 0.3 is 11.9 Å². The number of aryl methyl sites for hydroxylation is 2. The van der Waals surface area contributed by atoms with Gasteiger partial charge in [-0.1, -0.05) is 49.3 Å². The van der Waals surface area contributed by atoms with Crippen LogP contribution in [-0.2, 0) is 33.2 Å². The topological polar surface area (TPSA) is 178 Å². The number of aliphatic hydroxyl groups is 1. The lowest BCUT2D eigenvalue weighted by Crippen LogP contribution is -2.47. The van der Waals surface area contributed by atoms with Crippen LogP contribution in [0.15, 0.2) is 29.9 Å². The fourth-order valence-corrected chi connectivity index (χ4v) is 13.2. The highest BCUT2D eigenvalue weighted by Gasteiger charge is 2.40. The van der Waals surface area contributed by atoms with Gasteiger partial charge in [0.1, 0.15) is 22.4 Å². The largest absolute Gasteiger partial charge is 0.465 e. The molecular weight excluding hydrogens is 1050 g/mol. The van der Waals surface area contributed by atoms with Crippen LogP contribution in [0.1, 0.15) is 187 Å². The van der Waals surface area contributed by atoms with Crippen LogP contribution in [0, 0.1) is 63.0 Å². The quantitative estimate of drug-likeness (QED) is 0.0874. The molecule has 2 amide bonds. The zero-order valence-electron chi connectivity index (χ0n) is 47.4. The number of esters is 2. The third-order valence-electron chi connectivity index (χ3n) is 14.7. The normalized spacial score (nSPS) is 23.4. The van der Waals surface area contributed by atoms with Crippen molar-refractivity contribution < 1.29 is 33.8 Å². The zero-order valence-corrected chi connectivity index (χ0v) is 50.7. The number of hydrogen-bond donors (Lipinski definition) is 2. The van der Waals surface area contributed by atoms with Crippen molar-refractivity contribution in [2.24, 2.45) is 48.6 Å². The molecule has 15 nitrogen and oxygen atoms in total. The van der Waals surface area contributed by atoms with E-state index < -0.39 is 11.9 Å². The summed E-state index contributed by atoms with van der Waals surface area (Å²) in [5.41, 5.74) is 0.977. The number of amides is 2. The number of methoxy groups -OCH3 is 2. The lowest BCUT2D eigenvalue weighted by atomic mass is 9.81. The van der Waals surface area contributed by atoms with Gasteiger partial charge in [-0.2, -0.15) is 5.10 Å². The zero-order chi connectivity index (χ0) is 56.2. The fourth-order valence-electron chi connectivity index (χ4n) is 10.2. The molecule has 0 aromatic carbocycles. The summed E-state index contributed by atoms with van der Waals surface area (Å²) in [5, 5.41) is 25.9. The van der Waals surface area contributed by atoms with E-state index in [0.29, 0.717) is 55.8 Å². The molecule has 0 aliphatic heterocycles. The van der Waals surface area contributed by atoms with Gasteiger partial charge in [0.05, 0.1) is 41.5 Å². The molecule has 77 heavy (non-hydrogen) atoms. The molecule has 2 N–H and O–H groups in total. The Kier molecular flexibility index (Phi) is 22.2. The van der Waals surface area contributed by atoms with E-state index in [1.54, 1.807) is 29.0 Å². The molecule has 0 atom stereocenters. The van der Waals surface area contributed by atoms with Crippen molar-refractivity contribution in [3.63, 3.8) is 0 Å². The van der Waals surface area contributed by atoms with Crippen LogP contribution in [-0.4, -0.2) is 96.0 Å². The highest BCUT2D eigenvalue weighted by molar-refractivity contribution is 7.99. The SMILES string of the molecule is COC(=O)c1sc(C#CC(C)(C)C)cc1N(C(=O)C1CCC(C)CC1)C1CCC(O)CC1.COC(=O)c1sc(C#CC(C)(C)C)cc1N(C(=O)C1CCC(C)CC1)C1CCC(Sc2nncn2C)CC1.Cn1cn[nH]c1=S. The number of anilines is 2. The van der Waals surface area contributed by atoms with Crippen molar-refractivity contribution in [2.45, 2.75) is 187 Å². The van der Waals surface area contributed by atoms with E-state index in [1.807, 2.05) is 61.4 Å². The van der Waals surface area contributed by atoms with Crippen molar-refractivity contribution in [3.05, 3.63) is 49.1 Å². The molecule has 4 heterocycles. The summed E-state index contributed by atoms with van der Waals surface area (Å²) in [6, 6.07) is 3.86. The average Bonchev–Trinajstić information content (AvgIpc) is 4.22. The second-order valence-corrected chi connectivity index (χ2v) is 27.2. The van der Waals surface area contributed by atoms with Gasteiger partial charge in [-0.05, 0) is 180 Å². The van der Waals surface area contributed by atoms with E-state index >= 15 is 0 Å². The predicted octanol–water partition coefficient (Wildman–Crippen LogP) is 12.2. The molecule has 19 heteroatoms. The number of H-pyrrole nitrogens is 1. The molecule has 4 aliphatic carbocycles. The highest BCUT2D eigenvalue weighted by Crippen LogP contribution is 2.43. The first-order valence-electron chi connectivity index (χ1n) is 27.4. The fraction of sp³-hybridized carbons (Fsp3) is 0.655. The van der Waals surface area contributed by atoms with Crippen molar-refractivity contribution >= 4 is 81.8 Å². The van der Waals surface area contributed by atoms with E-state index in [4.69, 9.17) is 21.7 Å². The number of ether oxygens (including phenoxy) is 2. The Morgan fingerprint density at radius 3 is 1.44 bits per heavy atom. The number of hydrogen-bond acceptors (Lipinski definition) is 14. The summed E-state index contributed by atoms with van der Waals surface area (Å²) in [6.45, 7) is 16.8. The van der Waals surface area contributed by atoms with Crippen LogP contribution >= 0.6 is 46.7 Å². The number of carbonyl (C=O) groups is 4. The Labute approximate surface area is 474 Å². The molecule has 8 rings (SSSR count). The molecule has 4 saturated carbocycles. The lowest BCUT2D eigenvalue weighted by Gasteiger charge is -2.39. The maximum Gasteiger partial charge on any atom is 0.350 e. The number of nitrogens with one attached hydrogen (secondary N) is 1. The highest BCUT2D eigenvalue weighted by atomic mass is 32.2. The molecule has 4 aromatic rings. The van der Waals surface area contributed by atoms with E-state index in [9.17, 15) is 24.3 Å². The smallest absolute Gasteiger partial charge is 0.350 e. The Morgan fingerprint density at radius 2 is 1.10 bits per heavy atom. The van der Waals surface area contributed by atoms with Gasteiger partial charge in [-0.3, -0.25) is 14.7 Å². The molecule has 4 aliphatic rings. The van der Waals surface area contributed by atoms with Gasteiger partial charge in [0.2, 0.25) is 11.8 Å². The molecule has 0 radical (unpaired) electrons. The van der Waals surface area contributed by atoms with Crippen molar-refractivity contribution in [2.75, 3.05) is 24.0 Å². The van der Waals surface area contributed by atoms with Crippen molar-refractivity contribution in [3.8, 4) is 23.7 Å². The number of aromatic nitrogens is 6. The summed E-state index contributed by atoms with van der Waals surface area (Å²) >= 11 is 9.13. The van der Waals surface area contributed by atoms with Crippen molar-refractivity contribution in [1.82, 2.24) is 29.5 Å². The van der Waals surface area contributed by atoms with E-state index in [-0.39, 0.29) is 52.7 Å². The lowest BCUT2D eigenvalue weighted by molar-refractivity contribution is -0.125. The monoisotopic (exact) mass is 1130 g/mol. The minimum Gasteiger partial charge on any atom is -0.465 e. The summed E-state index contributed by atoms with van der Waals surface area (Å²) in [7, 11) is 6.57. The summed E-state index contributed by atoms with van der Waals surface area (Å²) in [4.78, 5) is 60.0. The summed E-state index contributed by atoms with van der Waals surface area (Å²) < 4.78 is 14.6. The first-order chi connectivity index (χ1) is 36.4. The molecule has 4 aromatic heterocycles. The van der Waals surface area contributed by atoms with Crippen LogP contribution in [0.4, 0.5) is 11.4 Å². The number of rotatable bonds is 10. The first kappa shape index (κ1) is 61.4. The van der Waals surface area contributed by atoms with Gasteiger partial charge in [0.15, 0.2) is 9.93 Å². The van der Waals surface area contributed by atoms with E-state index in [2.05, 4.69) is 78.7 Å². The Bertz CT molecular complexity index is 2800. The molecule has 0 unspecified atom stereocenters. The second-order valence-electron chi connectivity index (χ2n) is 23.5. The summed E-state index contributed by atoms with van der Waals surface area (Å²) in [5.74, 6) is 13.7. The Balaban J connectivity index is 0.000000223. The van der Waals surface area contributed by atoms with Crippen LogP contribution in [0.3, 0.4) is 0 Å². The average molecular weight is 1130 g/mol. The summed E-state index contributed by atoms with van der Waals surface area (Å²) in [6.07, 6.45) is 17.4. The molecular formula is C58H82N8O7S4. The molecule has 0 saturated heterocycles.